The van der Waals surface area contributed by atoms with Gasteiger partial charge in [-0.15, -0.1) is 0 Å². The molecule has 1 N–H and O–H groups in total. The zero-order valence-electron chi connectivity index (χ0n) is 13.9. The lowest BCUT2D eigenvalue weighted by molar-refractivity contribution is 0.0977. The summed E-state index contributed by atoms with van der Waals surface area (Å²) in [5, 5.41) is 9.36. The molecular formula is C21H15F2NO2. The van der Waals surface area contributed by atoms with Crippen LogP contribution in [-0.4, -0.2) is 11.0 Å². The number of carbonyl (C=O) groups is 1. The van der Waals surface area contributed by atoms with Gasteiger partial charge in [0, 0.05) is 11.1 Å². The molecule has 0 aromatic heterocycles. The maximum absolute atomic E-state index is 13.8. The summed E-state index contributed by atoms with van der Waals surface area (Å²) in [6.45, 7) is 1.81. The fourth-order valence-corrected chi connectivity index (χ4v) is 3.45. The summed E-state index contributed by atoms with van der Waals surface area (Å²) in [4.78, 5) is 14.6. The average molecular weight is 351 g/mol. The van der Waals surface area contributed by atoms with Gasteiger partial charge >= 0.3 is 0 Å². The lowest BCUT2D eigenvalue weighted by Gasteiger charge is -2.37. The van der Waals surface area contributed by atoms with Crippen molar-refractivity contribution in [2.45, 2.75) is 13.0 Å². The molecule has 0 aliphatic carbocycles. The molecule has 0 radical (unpaired) electrons. The first-order valence-electron chi connectivity index (χ1n) is 8.18. The highest BCUT2D eigenvalue weighted by Crippen LogP contribution is 2.45. The van der Waals surface area contributed by atoms with E-state index in [0.29, 0.717) is 11.3 Å². The number of phenolic OH excluding ortho intramolecular Hbond substituents is 1. The Bertz CT molecular complexity index is 1030. The predicted molar refractivity (Wildman–Crippen MR) is 95.1 cm³/mol. The Hall–Kier alpha value is -3.21. The number of anilines is 1. The third kappa shape index (κ3) is 2.44. The molecule has 130 valence electrons. The fourth-order valence-electron chi connectivity index (χ4n) is 3.45. The molecule has 1 amide bonds. The summed E-state index contributed by atoms with van der Waals surface area (Å²) in [5.41, 5.74) is 3.17. The Balaban J connectivity index is 1.88. The lowest BCUT2D eigenvalue weighted by Crippen LogP contribution is -2.36. The molecule has 0 spiro atoms. The minimum absolute atomic E-state index is 0.113. The highest BCUT2D eigenvalue weighted by atomic mass is 19.1. The normalized spacial score (nSPS) is 15.3. The van der Waals surface area contributed by atoms with Crippen molar-refractivity contribution in [2.75, 3.05) is 4.90 Å². The van der Waals surface area contributed by atoms with Crippen molar-refractivity contribution in [3.8, 4) is 16.9 Å². The van der Waals surface area contributed by atoms with Crippen LogP contribution in [0.3, 0.4) is 0 Å². The number of halogens is 2. The van der Waals surface area contributed by atoms with Crippen LogP contribution in [0.4, 0.5) is 14.5 Å². The first kappa shape index (κ1) is 16.3. The Kier molecular flexibility index (Phi) is 3.72. The zero-order chi connectivity index (χ0) is 18.4. The molecule has 1 heterocycles. The summed E-state index contributed by atoms with van der Waals surface area (Å²) >= 11 is 0. The summed E-state index contributed by atoms with van der Waals surface area (Å²) < 4.78 is 27.5. The second kappa shape index (κ2) is 5.95. The van der Waals surface area contributed by atoms with Gasteiger partial charge in [-0.05, 0) is 54.4 Å². The third-order valence-electron chi connectivity index (χ3n) is 4.72. The van der Waals surface area contributed by atoms with E-state index < -0.39 is 23.5 Å². The van der Waals surface area contributed by atoms with Gasteiger partial charge in [0.15, 0.2) is 11.6 Å². The van der Waals surface area contributed by atoms with E-state index in [2.05, 4.69) is 0 Å². The van der Waals surface area contributed by atoms with Gasteiger partial charge in [0.1, 0.15) is 5.82 Å². The number of rotatable bonds is 1. The Labute approximate surface area is 149 Å². The predicted octanol–water partition coefficient (Wildman–Crippen LogP) is 5.06. The van der Waals surface area contributed by atoms with Crippen molar-refractivity contribution in [3.05, 3.63) is 83.4 Å². The highest BCUT2D eigenvalue weighted by molar-refractivity contribution is 6.10. The molecule has 4 rings (SSSR count). The van der Waals surface area contributed by atoms with E-state index >= 15 is 0 Å². The number of hydrogen-bond acceptors (Lipinski definition) is 2. The number of benzene rings is 3. The summed E-state index contributed by atoms with van der Waals surface area (Å²) in [5.74, 6) is -2.17. The van der Waals surface area contributed by atoms with Crippen LogP contribution in [0.5, 0.6) is 5.75 Å². The standard InChI is InChI=1S/C21H15F2NO2/c1-12-17-11-14(22)7-8-15(17)16-4-2-3-5-19(16)24(12)21(26)13-6-9-20(25)18(23)10-13/h2-12,25H,1H3/t12-/m0/s1. The molecular weight excluding hydrogens is 336 g/mol. The van der Waals surface area contributed by atoms with Crippen molar-refractivity contribution in [1.82, 2.24) is 0 Å². The number of hydrogen-bond donors (Lipinski definition) is 1. The molecule has 1 aliphatic rings. The lowest BCUT2D eigenvalue weighted by atomic mass is 9.88. The minimum atomic E-state index is -0.861. The molecule has 3 aromatic carbocycles. The van der Waals surface area contributed by atoms with Gasteiger partial charge in [-0.1, -0.05) is 24.3 Å². The van der Waals surface area contributed by atoms with Gasteiger partial charge in [-0.2, -0.15) is 0 Å². The number of para-hydroxylation sites is 1. The van der Waals surface area contributed by atoms with Crippen LogP contribution in [0.1, 0.15) is 28.9 Å². The first-order chi connectivity index (χ1) is 12.5. The molecule has 0 bridgehead atoms. The van der Waals surface area contributed by atoms with E-state index in [9.17, 15) is 18.7 Å². The van der Waals surface area contributed by atoms with Crippen LogP contribution in [0, 0.1) is 11.6 Å². The number of carbonyl (C=O) groups excluding carboxylic acids is 1. The largest absolute Gasteiger partial charge is 0.505 e. The maximum Gasteiger partial charge on any atom is 0.258 e. The van der Waals surface area contributed by atoms with E-state index in [1.807, 2.05) is 31.2 Å². The smallest absolute Gasteiger partial charge is 0.258 e. The minimum Gasteiger partial charge on any atom is -0.505 e. The first-order valence-corrected chi connectivity index (χ1v) is 8.18. The molecule has 3 aromatic rings. The Morgan fingerprint density at radius 1 is 1.00 bits per heavy atom. The van der Waals surface area contributed by atoms with Crippen molar-refractivity contribution < 1.29 is 18.7 Å². The van der Waals surface area contributed by atoms with E-state index in [0.717, 1.165) is 23.3 Å². The van der Waals surface area contributed by atoms with Gasteiger partial charge in [-0.25, -0.2) is 8.78 Å². The number of amides is 1. The van der Waals surface area contributed by atoms with Crippen LogP contribution in [-0.2, 0) is 0 Å². The van der Waals surface area contributed by atoms with Crippen LogP contribution in [0.15, 0.2) is 60.7 Å². The molecule has 5 heteroatoms. The van der Waals surface area contributed by atoms with Crippen molar-refractivity contribution in [1.29, 1.82) is 0 Å². The number of phenols is 1. The maximum atomic E-state index is 13.8. The van der Waals surface area contributed by atoms with Crippen LogP contribution >= 0.6 is 0 Å². The van der Waals surface area contributed by atoms with E-state index in [-0.39, 0.29) is 11.4 Å². The SMILES string of the molecule is C[C@H]1c2cc(F)ccc2-c2ccccc2N1C(=O)c1ccc(O)c(F)c1. The monoisotopic (exact) mass is 351 g/mol. The van der Waals surface area contributed by atoms with Gasteiger partial charge in [0.05, 0.1) is 11.7 Å². The molecule has 0 saturated heterocycles. The molecule has 1 aliphatic heterocycles. The summed E-state index contributed by atoms with van der Waals surface area (Å²) in [6.07, 6.45) is 0. The Morgan fingerprint density at radius 2 is 1.77 bits per heavy atom. The number of aromatic hydroxyl groups is 1. The van der Waals surface area contributed by atoms with Gasteiger partial charge in [-0.3, -0.25) is 4.79 Å². The van der Waals surface area contributed by atoms with Gasteiger partial charge in [0.2, 0.25) is 0 Å². The van der Waals surface area contributed by atoms with Crippen LogP contribution < -0.4 is 4.90 Å². The second-order valence-electron chi connectivity index (χ2n) is 6.27. The topological polar surface area (TPSA) is 40.5 Å². The molecule has 1 atom stereocenters. The second-order valence-corrected chi connectivity index (χ2v) is 6.27. The van der Waals surface area contributed by atoms with Crippen molar-refractivity contribution >= 4 is 11.6 Å². The Morgan fingerprint density at radius 3 is 2.54 bits per heavy atom. The van der Waals surface area contributed by atoms with Gasteiger partial charge in [0.25, 0.3) is 5.91 Å². The zero-order valence-corrected chi connectivity index (χ0v) is 13.9. The van der Waals surface area contributed by atoms with Crippen molar-refractivity contribution in [3.63, 3.8) is 0 Å². The molecule has 0 fully saturated rings. The number of nitrogens with zero attached hydrogens (tertiary/aromatic N) is 1. The highest BCUT2D eigenvalue weighted by Gasteiger charge is 2.33. The third-order valence-corrected chi connectivity index (χ3v) is 4.72. The molecule has 3 nitrogen and oxygen atoms in total. The van der Waals surface area contributed by atoms with E-state index in [4.69, 9.17) is 0 Å². The summed E-state index contributed by atoms with van der Waals surface area (Å²) in [7, 11) is 0. The molecule has 26 heavy (non-hydrogen) atoms. The van der Waals surface area contributed by atoms with Crippen molar-refractivity contribution in [2.24, 2.45) is 0 Å². The van der Waals surface area contributed by atoms with Crippen LogP contribution in [0.2, 0.25) is 0 Å². The molecule has 0 unspecified atom stereocenters. The average Bonchev–Trinajstić information content (AvgIpc) is 2.64. The molecule has 0 saturated carbocycles. The quantitative estimate of drug-likeness (QED) is 0.666. The van der Waals surface area contributed by atoms with E-state index in [1.165, 1.54) is 23.1 Å². The van der Waals surface area contributed by atoms with Crippen LogP contribution in [0.25, 0.3) is 11.1 Å². The number of fused-ring (bicyclic) bond motifs is 3. The summed E-state index contributed by atoms with van der Waals surface area (Å²) in [6, 6.07) is 15.0. The fraction of sp³-hybridized carbons (Fsp3) is 0.0952. The van der Waals surface area contributed by atoms with Gasteiger partial charge < -0.3 is 10.0 Å². The van der Waals surface area contributed by atoms with E-state index in [1.54, 1.807) is 6.07 Å².